The van der Waals surface area contributed by atoms with Crippen LogP contribution in [0.1, 0.15) is 99.5 Å². The van der Waals surface area contributed by atoms with E-state index in [2.05, 4.69) is 136 Å². The van der Waals surface area contributed by atoms with E-state index in [1.54, 1.807) is 23.7 Å². The van der Waals surface area contributed by atoms with Crippen LogP contribution in [0.5, 0.6) is 11.5 Å². The van der Waals surface area contributed by atoms with Crippen molar-refractivity contribution in [1.82, 2.24) is 23.9 Å². The zero-order valence-electron chi connectivity index (χ0n) is 37.7. The largest absolute Gasteiger partial charge is 2.00 e. The number of fused-ring (bicyclic) bond motifs is 6. The van der Waals surface area contributed by atoms with Crippen LogP contribution in [-0.4, -0.2) is 23.9 Å². The molecule has 0 N–H and O–H groups in total. The van der Waals surface area contributed by atoms with Crippen molar-refractivity contribution in [2.45, 2.75) is 94.4 Å². The number of para-hydroxylation sites is 1. The minimum atomic E-state index is -1.62. The van der Waals surface area contributed by atoms with Gasteiger partial charge in [0.05, 0.1) is 22.4 Å². The van der Waals surface area contributed by atoms with E-state index in [1.165, 1.54) is 44.1 Å². The Morgan fingerprint density at radius 2 is 1.36 bits per heavy atom. The van der Waals surface area contributed by atoms with E-state index in [4.69, 9.17) is 12.5 Å². The van der Waals surface area contributed by atoms with Gasteiger partial charge in [0.15, 0.2) is 0 Å². The SMILES string of the molecule is [2H]C([2H])(C)c1cc(Oc2[c-]c3c(cc2)c2ccccc2n3-c2ncc(C)c(-n3c4c(C)cc(C(C)C)cc4c4cc(C(C)C)cc(C)c43)c2C)[c-]c(-n2nc(C)cc2C)c1.[Pt+2]. The maximum atomic E-state index is 8.58. The maximum absolute atomic E-state index is 8.58. The van der Waals surface area contributed by atoms with Crippen LogP contribution >= 0.6 is 0 Å². The molecule has 9 rings (SSSR count). The molecule has 4 heterocycles. The van der Waals surface area contributed by atoms with Crippen molar-refractivity contribution in [2.75, 3.05) is 0 Å². The number of benzene rings is 5. The standard InChI is InChI=1S/C52H51N5O.Pt/c1-12-37-22-40(57-35(10)21-34(9)54-57)26-42(23-37)58-41-17-18-44-43-15-13-14-16-47(43)55(48(44)27-41)52-36(11)49(33(8)28-53-52)56-50-31(6)19-38(29(2)3)24-45(50)46-25-39(30(4)5)20-32(7)51(46)56;/h13-25,28-30H,12H2,1-11H3;/q-2;+2/i12D2;. The molecule has 0 aliphatic heterocycles. The second kappa shape index (κ2) is 15.3. The van der Waals surface area contributed by atoms with Gasteiger partial charge in [-0.1, -0.05) is 76.8 Å². The van der Waals surface area contributed by atoms with Crippen molar-refractivity contribution < 1.29 is 28.5 Å². The fourth-order valence-corrected chi connectivity index (χ4v) is 8.90. The van der Waals surface area contributed by atoms with Crippen LogP contribution in [0.2, 0.25) is 0 Å². The molecule has 9 aromatic rings. The number of ether oxygens (including phenoxy) is 1. The minimum Gasteiger partial charge on any atom is -0.509 e. The van der Waals surface area contributed by atoms with Gasteiger partial charge >= 0.3 is 21.1 Å². The fourth-order valence-electron chi connectivity index (χ4n) is 8.90. The molecule has 4 aromatic heterocycles. The molecule has 0 radical (unpaired) electrons. The zero-order chi connectivity index (χ0) is 42.5. The maximum Gasteiger partial charge on any atom is 2.00 e. The van der Waals surface area contributed by atoms with Gasteiger partial charge in [0.1, 0.15) is 5.82 Å². The van der Waals surface area contributed by atoms with Gasteiger partial charge in [0.2, 0.25) is 0 Å². The van der Waals surface area contributed by atoms with E-state index >= 15 is 0 Å². The van der Waals surface area contributed by atoms with Gasteiger partial charge in [0, 0.05) is 48.0 Å². The molecule has 0 aliphatic rings. The Morgan fingerprint density at radius 1 is 0.695 bits per heavy atom. The molecule has 0 saturated heterocycles. The summed E-state index contributed by atoms with van der Waals surface area (Å²) in [5, 5.41) is 9.33. The van der Waals surface area contributed by atoms with Gasteiger partial charge in [-0.15, -0.1) is 35.7 Å². The van der Waals surface area contributed by atoms with Gasteiger partial charge in [0.25, 0.3) is 0 Å². The van der Waals surface area contributed by atoms with E-state index in [1.807, 2.05) is 32.2 Å². The number of nitrogens with zero attached hydrogens (tertiary/aromatic N) is 5. The molecule has 0 amide bonds. The number of rotatable bonds is 8. The molecule has 59 heavy (non-hydrogen) atoms. The molecule has 0 bridgehead atoms. The number of hydrogen-bond donors (Lipinski definition) is 0. The molecule has 0 fully saturated rings. The Balaban J connectivity index is 0.00000514. The third-order valence-corrected chi connectivity index (χ3v) is 11.7. The molecule has 7 heteroatoms. The third kappa shape index (κ3) is 6.70. The zero-order valence-corrected chi connectivity index (χ0v) is 38.0. The van der Waals surface area contributed by atoms with Crippen molar-refractivity contribution in [3.05, 3.63) is 148 Å². The minimum absolute atomic E-state index is 0. The first-order chi connectivity index (χ1) is 28.5. The Labute approximate surface area is 364 Å². The molecule has 6 nitrogen and oxygen atoms in total. The van der Waals surface area contributed by atoms with E-state index in [-0.39, 0.29) is 21.1 Å². The van der Waals surface area contributed by atoms with Gasteiger partial charge in [-0.25, -0.2) is 4.98 Å². The van der Waals surface area contributed by atoms with E-state index in [0.29, 0.717) is 34.6 Å². The predicted molar refractivity (Wildman–Crippen MR) is 240 cm³/mol. The van der Waals surface area contributed by atoms with E-state index in [9.17, 15) is 0 Å². The summed E-state index contributed by atoms with van der Waals surface area (Å²) in [5.41, 5.74) is 15.6. The predicted octanol–water partition coefficient (Wildman–Crippen LogP) is 13.5. The number of pyridine rings is 1. The number of aromatic nitrogens is 5. The first-order valence-electron chi connectivity index (χ1n) is 21.3. The summed E-state index contributed by atoms with van der Waals surface area (Å²) in [6, 6.07) is 34.4. The summed E-state index contributed by atoms with van der Waals surface area (Å²) in [4.78, 5) is 5.21. The van der Waals surface area contributed by atoms with Crippen molar-refractivity contribution in [3.63, 3.8) is 0 Å². The van der Waals surface area contributed by atoms with Crippen LogP contribution in [0.3, 0.4) is 0 Å². The Kier molecular flexibility index (Phi) is 9.80. The summed E-state index contributed by atoms with van der Waals surface area (Å²) in [7, 11) is 0. The molecule has 300 valence electrons. The van der Waals surface area contributed by atoms with Gasteiger partial charge in [-0.05, 0) is 117 Å². The smallest absolute Gasteiger partial charge is 0.509 e. The van der Waals surface area contributed by atoms with Gasteiger partial charge in [-0.3, -0.25) is 4.68 Å². The molecule has 0 atom stereocenters. The summed E-state index contributed by atoms with van der Waals surface area (Å²) in [6.45, 7) is 23.4. The first-order valence-corrected chi connectivity index (χ1v) is 20.3. The fraction of sp³-hybridized carbons (Fsp3) is 0.269. The summed E-state index contributed by atoms with van der Waals surface area (Å²) < 4.78 is 30.2. The van der Waals surface area contributed by atoms with Crippen LogP contribution in [0.15, 0.2) is 85.1 Å². The second-order valence-electron chi connectivity index (χ2n) is 16.6. The van der Waals surface area contributed by atoms with Crippen LogP contribution < -0.4 is 4.74 Å². The average Bonchev–Trinajstić information content (AvgIpc) is 3.83. The monoisotopic (exact) mass is 958 g/mol. The van der Waals surface area contributed by atoms with Crippen LogP contribution in [0, 0.1) is 53.7 Å². The van der Waals surface area contributed by atoms with Gasteiger partial charge in [-0.2, -0.15) is 16.7 Å². The molecule has 0 unspecified atom stereocenters. The quantitative estimate of drug-likeness (QED) is 0.143. The Bertz CT molecular complexity index is 3130. The third-order valence-electron chi connectivity index (χ3n) is 11.7. The molecule has 0 aliphatic carbocycles. The van der Waals surface area contributed by atoms with Crippen molar-refractivity contribution in [2.24, 2.45) is 0 Å². The summed E-state index contributed by atoms with van der Waals surface area (Å²) in [5.74, 6) is 2.49. The summed E-state index contributed by atoms with van der Waals surface area (Å²) in [6.07, 6.45) is 0.386. The molecule has 0 spiro atoms. The molecular weight excluding hydrogens is 906 g/mol. The molecular formula is C52H51N5OPt. The van der Waals surface area contributed by atoms with Gasteiger partial charge < -0.3 is 13.9 Å². The topological polar surface area (TPSA) is 49.8 Å². The van der Waals surface area contributed by atoms with Crippen molar-refractivity contribution in [1.29, 1.82) is 0 Å². The van der Waals surface area contributed by atoms with Crippen LogP contribution in [0.25, 0.3) is 60.8 Å². The number of aryl methyl sites for hydroxylation is 6. The first kappa shape index (κ1) is 37.8. The van der Waals surface area contributed by atoms with E-state index < -0.39 is 6.37 Å². The Morgan fingerprint density at radius 3 is 1.97 bits per heavy atom. The second-order valence-corrected chi connectivity index (χ2v) is 16.6. The molecule has 0 saturated carbocycles. The van der Waals surface area contributed by atoms with E-state index in [0.717, 1.165) is 55.8 Å². The molecule has 5 aromatic carbocycles. The van der Waals surface area contributed by atoms with Crippen LogP contribution in [0.4, 0.5) is 0 Å². The summed E-state index contributed by atoms with van der Waals surface area (Å²) >= 11 is 0. The average molecular weight is 959 g/mol. The normalized spacial score (nSPS) is 12.6. The van der Waals surface area contributed by atoms with Crippen molar-refractivity contribution in [3.8, 4) is 28.7 Å². The number of hydrogen-bond acceptors (Lipinski definition) is 3. The van der Waals surface area contributed by atoms with Crippen molar-refractivity contribution >= 4 is 43.6 Å². The Hall–Kier alpha value is -5.45. The van der Waals surface area contributed by atoms with Crippen LogP contribution in [-0.2, 0) is 27.4 Å².